The number of alkyl halides is 1. The molecule has 288 valence electrons. The number of anilines is 1. The van der Waals surface area contributed by atoms with Crippen LogP contribution in [0.15, 0.2) is 90.0 Å². The monoisotopic (exact) mass is 773 g/mol. The normalized spacial score (nSPS) is 18.9. The lowest BCUT2D eigenvalue weighted by molar-refractivity contribution is -0.118. The molecule has 17 heteroatoms. The number of fused-ring (bicyclic) bond motifs is 1. The number of nitrogens with zero attached hydrogens (tertiary/aromatic N) is 4. The second kappa shape index (κ2) is 17.5. The maximum absolute atomic E-state index is 16.9. The first-order valence-electron chi connectivity index (χ1n) is 17.4. The van der Waals surface area contributed by atoms with Gasteiger partial charge in [-0.2, -0.15) is 10.2 Å². The van der Waals surface area contributed by atoms with Crippen molar-refractivity contribution in [2.24, 2.45) is 11.4 Å². The predicted octanol–water partition coefficient (Wildman–Crippen LogP) is 5.48. The molecule has 1 aliphatic rings. The fraction of sp³-hybridized carbons (Fsp3) is 0.342. The van der Waals surface area contributed by atoms with E-state index in [1.807, 2.05) is 84.9 Å². The molecular weight excluding hydrogens is 732 g/mol. The van der Waals surface area contributed by atoms with Crippen LogP contribution < -0.4 is 25.9 Å². The molecule has 1 amide bonds. The summed E-state index contributed by atoms with van der Waals surface area (Å²) in [6.45, 7) is 3.10. The van der Waals surface area contributed by atoms with Crippen molar-refractivity contribution in [3.05, 3.63) is 112 Å². The van der Waals surface area contributed by atoms with Crippen molar-refractivity contribution >= 4 is 31.5 Å². The maximum atomic E-state index is 16.9. The van der Waals surface area contributed by atoms with Crippen LogP contribution in [-0.4, -0.2) is 71.2 Å². The number of hydrogen-bond acceptors (Lipinski definition) is 12. The molecular formula is C38H41FN7O8P. The minimum atomic E-state index is -2.17. The highest BCUT2D eigenvalue weighted by molar-refractivity contribution is 7.44. The first-order chi connectivity index (χ1) is 26.6. The Bertz CT molecular complexity index is 2120. The number of nitriles is 1. The Kier molecular flexibility index (Phi) is 12.5. The van der Waals surface area contributed by atoms with Gasteiger partial charge >= 0.3 is 0 Å². The third kappa shape index (κ3) is 8.37. The summed E-state index contributed by atoms with van der Waals surface area (Å²) in [6.07, 6.45) is -4.54. The Hall–Kier alpha value is -5.27. The molecule has 1 aliphatic heterocycles. The number of carbonyl (C=O) groups excluding carboxylic acids is 1. The van der Waals surface area contributed by atoms with Crippen molar-refractivity contribution in [2.75, 3.05) is 32.8 Å². The Morgan fingerprint density at radius 2 is 1.67 bits per heavy atom. The second-order valence-corrected chi connectivity index (χ2v) is 13.8. The number of halogens is 1. The minimum absolute atomic E-state index is 0.0242. The molecule has 0 bridgehead atoms. The quantitative estimate of drug-likeness (QED) is 0.0650. The minimum Gasteiger partial charge on any atom is -0.497 e. The smallest absolute Gasteiger partial charge is 0.280 e. The Morgan fingerprint density at radius 3 is 2.25 bits per heavy atom. The van der Waals surface area contributed by atoms with Gasteiger partial charge in [0.2, 0.25) is 11.9 Å². The molecule has 2 aromatic heterocycles. The molecule has 3 heterocycles. The number of ether oxygens (including phenoxy) is 4. The van der Waals surface area contributed by atoms with Gasteiger partial charge in [0.25, 0.3) is 14.1 Å². The van der Waals surface area contributed by atoms with E-state index in [2.05, 4.69) is 20.3 Å². The van der Waals surface area contributed by atoms with Gasteiger partial charge in [0.1, 0.15) is 29.3 Å². The van der Waals surface area contributed by atoms with Gasteiger partial charge < -0.3 is 28.0 Å². The van der Waals surface area contributed by atoms with Gasteiger partial charge in [-0.1, -0.05) is 68.4 Å². The fourth-order valence-electron chi connectivity index (χ4n) is 6.22. The predicted molar refractivity (Wildman–Crippen MR) is 201 cm³/mol. The van der Waals surface area contributed by atoms with Crippen LogP contribution in [0.4, 0.5) is 10.3 Å². The van der Waals surface area contributed by atoms with Gasteiger partial charge in [-0.25, -0.2) is 9.37 Å². The van der Waals surface area contributed by atoms with Crippen molar-refractivity contribution in [1.29, 1.82) is 5.26 Å². The molecule has 0 spiro atoms. The summed E-state index contributed by atoms with van der Waals surface area (Å²) in [4.78, 5) is 36.5. The lowest BCUT2D eigenvalue weighted by atomic mass is 9.80. The van der Waals surface area contributed by atoms with Crippen molar-refractivity contribution in [2.45, 2.75) is 50.5 Å². The van der Waals surface area contributed by atoms with Gasteiger partial charge in [-0.3, -0.25) is 30.0 Å². The standard InChI is InChI=1S/C38H41FN7O8P/c1-23(2)34(47)44-37-43-33-31(35(48)45-37)42-22-46(33)36-30(39)32(54-55(41)52-20-8-19-40)29(53-36)21-51-38(24-9-6-5-7-10-24,25-11-15-27(49-3)16-12-25)26-13-17-28(50-4)18-14-26/h5-7,9-18,22-23,29-30,32,36H,8,20-21,41H2,1-4H3,(H2,43,44,45,47,48)/t29-,30-,32-,36-,55?/m1/s1. The van der Waals surface area contributed by atoms with Crippen molar-refractivity contribution in [1.82, 2.24) is 19.5 Å². The number of nitrogens with two attached hydrogens (primary N) is 1. The van der Waals surface area contributed by atoms with E-state index < -0.39 is 50.2 Å². The summed E-state index contributed by atoms with van der Waals surface area (Å²) in [5.74, 6) is 0.343. The molecule has 5 aromatic rings. The Balaban J connectivity index is 1.41. The van der Waals surface area contributed by atoms with E-state index in [1.54, 1.807) is 28.1 Å². The lowest BCUT2D eigenvalue weighted by Crippen LogP contribution is -2.40. The van der Waals surface area contributed by atoms with Crippen LogP contribution in [0.25, 0.3) is 11.2 Å². The highest BCUT2D eigenvalue weighted by Crippen LogP contribution is 2.45. The highest BCUT2D eigenvalue weighted by atomic mass is 31.2. The number of hydrogen-bond donors (Lipinski definition) is 3. The number of H-pyrrole nitrogens is 1. The van der Waals surface area contributed by atoms with Crippen LogP contribution in [0.1, 0.15) is 43.2 Å². The molecule has 6 rings (SSSR count). The van der Waals surface area contributed by atoms with E-state index in [0.717, 1.165) is 16.7 Å². The average molecular weight is 774 g/mol. The van der Waals surface area contributed by atoms with Gasteiger partial charge in [0, 0.05) is 5.92 Å². The zero-order chi connectivity index (χ0) is 39.1. The number of aromatic nitrogens is 4. The van der Waals surface area contributed by atoms with Crippen molar-refractivity contribution < 1.29 is 37.2 Å². The summed E-state index contributed by atoms with van der Waals surface area (Å²) in [5, 5.41) is 11.6. The molecule has 1 saturated heterocycles. The molecule has 15 nitrogen and oxygen atoms in total. The summed E-state index contributed by atoms with van der Waals surface area (Å²) in [6, 6.07) is 26.3. The largest absolute Gasteiger partial charge is 0.497 e. The molecule has 3 aromatic carbocycles. The third-order valence-electron chi connectivity index (χ3n) is 9.03. The molecule has 1 fully saturated rings. The van der Waals surface area contributed by atoms with Crippen LogP contribution in [0.5, 0.6) is 11.5 Å². The van der Waals surface area contributed by atoms with E-state index >= 15 is 4.39 Å². The number of aromatic amines is 1. The Morgan fingerprint density at radius 1 is 1.05 bits per heavy atom. The molecule has 1 unspecified atom stereocenters. The van der Waals surface area contributed by atoms with Crippen LogP contribution in [0.2, 0.25) is 0 Å². The van der Waals surface area contributed by atoms with Gasteiger partial charge in [0.05, 0.1) is 46.3 Å². The average Bonchev–Trinajstić information content (AvgIpc) is 3.76. The van der Waals surface area contributed by atoms with Gasteiger partial charge in [-0.15, -0.1) is 0 Å². The highest BCUT2D eigenvalue weighted by Gasteiger charge is 2.50. The molecule has 55 heavy (non-hydrogen) atoms. The van der Waals surface area contributed by atoms with E-state index in [1.165, 1.54) is 10.9 Å². The molecule has 0 radical (unpaired) electrons. The number of nitrogens with one attached hydrogen (secondary N) is 2. The lowest BCUT2D eigenvalue weighted by Gasteiger charge is -2.37. The first-order valence-corrected chi connectivity index (χ1v) is 18.6. The number of benzene rings is 3. The van der Waals surface area contributed by atoms with Gasteiger partial charge in [0.15, 0.2) is 23.6 Å². The van der Waals surface area contributed by atoms with Crippen LogP contribution in [0.3, 0.4) is 0 Å². The Labute approximate surface area is 317 Å². The first kappa shape index (κ1) is 39.4. The van der Waals surface area contributed by atoms with Crippen molar-refractivity contribution in [3.63, 3.8) is 0 Å². The van der Waals surface area contributed by atoms with Crippen LogP contribution in [-0.2, 0) is 28.9 Å². The third-order valence-corrected chi connectivity index (χ3v) is 9.92. The van der Waals surface area contributed by atoms with Crippen LogP contribution in [0, 0.1) is 17.2 Å². The molecule has 5 atom stereocenters. The SMILES string of the molecule is COc1ccc(C(OC[C@H]2O[C@@H](n3cnc4c(=O)[nH]c(NC(=O)C(C)C)nc43)[C@H](F)[C@@H]2OP(N)OCCC#N)(c2ccccc2)c2ccc(OC)cc2)cc1. The number of carbonyl (C=O) groups is 1. The maximum Gasteiger partial charge on any atom is 0.280 e. The number of amides is 1. The van der Waals surface area contributed by atoms with Crippen molar-refractivity contribution in [3.8, 4) is 17.6 Å². The topological polar surface area (TPSA) is 198 Å². The summed E-state index contributed by atoms with van der Waals surface area (Å²) >= 11 is 0. The summed E-state index contributed by atoms with van der Waals surface area (Å²) in [7, 11) is 0.983. The van der Waals surface area contributed by atoms with E-state index in [4.69, 9.17) is 38.8 Å². The zero-order valence-corrected chi connectivity index (χ0v) is 31.4. The van der Waals surface area contributed by atoms with E-state index in [9.17, 15) is 9.59 Å². The number of methoxy groups -OCH3 is 2. The van der Waals surface area contributed by atoms with E-state index in [-0.39, 0.29) is 42.7 Å². The number of rotatable bonds is 16. The summed E-state index contributed by atoms with van der Waals surface area (Å²) in [5.41, 5.74) is 6.36. The molecule has 0 aliphatic carbocycles. The van der Waals surface area contributed by atoms with Gasteiger partial charge in [-0.05, 0) is 41.0 Å². The zero-order valence-electron chi connectivity index (χ0n) is 30.5. The molecule has 4 N–H and O–H groups in total. The summed E-state index contributed by atoms with van der Waals surface area (Å²) < 4.78 is 54.0. The number of imidazole rings is 1. The fourth-order valence-corrected chi connectivity index (χ4v) is 7.05. The van der Waals surface area contributed by atoms with E-state index in [0.29, 0.717) is 11.5 Å². The second-order valence-electron chi connectivity index (χ2n) is 12.8. The molecule has 0 saturated carbocycles. The van der Waals surface area contributed by atoms with Crippen LogP contribution >= 0.6 is 8.53 Å².